The van der Waals surface area contributed by atoms with E-state index in [9.17, 15) is 4.79 Å². The van der Waals surface area contributed by atoms with Gasteiger partial charge in [0.15, 0.2) is 11.5 Å². The molecular formula is C14H10N2O4. The number of benzene rings is 1. The third kappa shape index (κ3) is 2.06. The number of rotatable bonds is 3. The number of nitriles is 1. The van der Waals surface area contributed by atoms with Gasteiger partial charge in [0.25, 0.3) is 6.29 Å². The van der Waals surface area contributed by atoms with Crippen LogP contribution in [0.1, 0.15) is 17.4 Å². The summed E-state index contributed by atoms with van der Waals surface area (Å²) in [6.07, 6.45) is 2.31. The summed E-state index contributed by atoms with van der Waals surface area (Å²) < 4.78 is 12.7. The maximum Gasteiger partial charge on any atom is 0.323 e. The number of hydrogen-bond acceptors (Lipinski definition) is 4. The topological polar surface area (TPSA) is 84.5 Å². The zero-order valence-electron chi connectivity index (χ0n) is 10.3. The second-order valence-electron chi connectivity index (χ2n) is 4.32. The van der Waals surface area contributed by atoms with Crippen molar-refractivity contribution in [2.45, 2.75) is 12.8 Å². The first-order chi connectivity index (χ1) is 9.67. The van der Waals surface area contributed by atoms with Crippen LogP contribution < -0.4 is 9.47 Å². The van der Waals surface area contributed by atoms with Gasteiger partial charge in [0.1, 0.15) is 12.6 Å². The zero-order valence-corrected chi connectivity index (χ0v) is 10.3. The number of aromatic nitrogens is 1. The van der Waals surface area contributed by atoms with Crippen molar-refractivity contribution in [2.75, 3.05) is 0 Å². The molecule has 1 aromatic heterocycles. The van der Waals surface area contributed by atoms with Crippen molar-refractivity contribution >= 4 is 5.97 Å². The monoisotopic (exact) mass is 270 g/mol. The average Bonchev–Trinajstić information content (AvgIpc) is 3.00. The summed E-state index contributed by atoms with van der Waals surface area (Å²) in [5.41, 5.74) is 0.856. The van der Waals surface area contributed by atoms with Crippen LogP contribution >= 0.6 is 0 Å². The fourth-order valence-corrected chi connectivity index (χ4v) is 2.08. The lowest BCUT2D eigenvalue weighted by atomic mass is 10.2. The number of ether oxygens (including phenoxy) is 2. The molecule has 20 heavy (non-hydrogen) atoms. The molecule has 3 rings (SSSR count). The first kappa shape index (κ1) is 12.1. The molecule has 6 nitrogen and oxygen atoms in total. The van der Waals surface area contributed by atoms with Gasteiger partial charge in [-0.15, -0.1) is 0 Å². The summed E-state index contributed by atoms with van der Waals surface area (Å²) in [7, 11) is 0. The predicted octanol–water partition coefficient (Wildman–Crippen LogP) is 1.91. The Balaban J connectivity index is 1.90. The van der Waals surface area contributed by atoms with Crippen molar-refractivity contribution in [3.05, 3.63) is 47.8 Å². The molecule has 0 atom stereocenters. The number of nitrogens with zero attached hydrogens (tertiary/aromatic N) is 2. The first-order valence-electron chi connectivity index (χ1n) is 5.91. The second-order valence-corrected chi connectivity index (χ2v) is 4.32. The SMILES string of the molecule is N#Cc1cn(CC(=O)O)cc1C1Oc2ccccc2O1. The molecule has 0 bridgehead atoms. The summed E-state index contributed by atoms with van der Waals surface area (Å²) in [6, 6.07) is 9.22. The van der Waals surface area contributed by atoms with E-state index < -0.39 is 12.3 Å². The van der Waals surface area contributed by atoms with Crippen LogP contribution in [0, 0.1) is 11.3 Å². The molecule has 0 fully saturated rings. The van der Waals surface area contributed by atoms with Gasteiger partial charge < -0.3 is 19.1 Å². The highest BCUT2D eigenvalue weighted by atomic mass is 16.7. The zero-order chi connectivity index (χ0) is 14.1. The number of carbonyl (C=O) groups is 1. The summed E-state index contributed by atoms with van der Waals surface area (Å²) >= 11 is 0. The Morgan fingerprint density at radius 1 is 1.30 bits per heavy atom. The number of aliphatic carboxylic acids is 1. The third-order valence-electron chi connectivity index (χ3n) is 2.92. The fraction of sp³-hybridized carbons (Fsp3) is 0.143. The summed E-state index contributed by atoms with van der Waals surface area (Å²) in [5.74, 6) is 0.229. The molecule has 0 unspecified atom stereocenters. The molecule has 6 heteroatoms. The molecule has 2 heterocycles. The number of para-hydroxylation sites is 2. The van der Waals surface area contributed by atoms with E-state index >= 15 is 0 Å². The Morgan fingerprint density at radius 3 is 2.50 bits per heavy atom. The second kappa shape index (κ2) is 4.63. The number of fused-ring (bicyclic) bond motifs is 1. The van der Waals surface area contributed by atoms with Gasteiger partial charge in [-0.1, -0.05) is 12.1 Å². The van der Waals surface area contributed by atoms with Gasteiger partial charge in [0.05, 0.1) is 11.1 Å². The van der Waals surface area contributed by atoms with E-state index in [1.54, 1.807) is 18.3 Å². The molecule has 0 amide bonds. The van der Waals surface area contributed by atoms with Gasteiger partial charge in [-0.25, -0.2) is 0 Å². The van der Waals surface area contributed by atoms with Crippen LogP contribution in [0.3, 0.4) is 0 Å². The van der Waals surface area contributed by atoms with Crippen molar-refractivity contribution in [1.82, 2.24) is 4.57 Å². The van der Waals surface area contributed by atoms with Crippen LogP contribution in [0.15, 0.2) is 36.7 Å². The molecule has 1 aliphatic rings. The van der Waals surface area contributed by atoms with Crippen molar-refractivity contribution < 1.29 is 19.4 Å². The van der Waals surface area contributed by atoms with E-state index in [-0.39, 0.29) is 6.54 Å². The fourth-order valence-electron chi connectivity index (χ4n) is 2.08. The van der Waals surface area contributed by atoms with E-state index in [0.717, 1.165) is 0 Å². The molecule has 0 saturated heterocycles. The highest BCUT2D eigenvalue weighted by Crippen LogP contribution is 2.40. The number of carboxylic acid groups (broad SMARTS) is 1. The molecule has 0 radical (unpaired) electrons. The largest absolute Gasteiger partial charge is 0.480 e. The highest BCUT2D eigenvalue weighted by molar-refractivity contribution is 5.66. The van der Waals surface area contributed by atoms with Gasteiger partial charge in [0, 0.05) is 12.4 Å². The van der Waals surface area contributed by atoms with Crippen LogP contribution in [0.4, 0.5) is 0 Å². The van der Waals surface area contributed by atoms with Crippen LogP contribution in [-0.2, 0) is 11.3 Å². The molecule has 2 aromatic rings. The first-order valence-corrected chi connectivity index (χ1v) is 5.91. The van der Waals surface area contributed by atoms with Crippen molar-refractivity contribution in [1.29, 1.82) is 5.26 Å². The van der Waals surface area contributed by atoms with Crippen molar-refractivity contribution in [3.63, 3.8) is 0 Å². The Bertz CT molecular complexity index is 689. The summed E-state index contributed by atoms with van der Waals surface area (Å²) in [4.78, 5) is 10.7. The molecular weight excluding hydrogens is 260 g/mol. The smallest absolute Gasteiger partial charge is 0.323 e. The Morgan fingerprint density at radius 2 is 1.95 bits per heavy atom. The van der Waals surface area contributed by atoms with Crippen LogP contribution in [0.25, 0.3) is 0 Å². The molecule has 1 aromatic carbocycles. The van der Waals surface area contributed by atoms with E-state index in [0.29, 0.717) is 22.6 Å². The summed E-state index contributed by atoms with van der Waals surface area (Å²) in [5, 5.41) is 17.9. The minimum absolute atomic E-state index is 0.214. The third-order valence-corrected chi connectivity index (χ3v) is 2.92. The molecule has 0 saturated carbocycles. The Hall–Kier alpha value is -2.94. The Kier molecular flexibility index (Phi) is 2.80. The standard InChI is InChI=1S/C14H10N2O4/c15-5-9-6-16(8-13(17)18)7-10(9)14-19-11-3-1-2-4-12(11)20-14/h1-4,6-7,14H,8H2,(H,17,18). The van der Waals surface area contributed by atoms with E-state index in [1.165, 1.54) is 10.8 Å². The van der Waals surface area contributed by atoms with E-state index in [2.05, 4.69) is 0 Å². The Labute approximate surface area is 114 Å². The van der Waals surface area contributed by atoms with Crippen LogP contribution in [0.5, 0.6) is 11.5 Å². The quantitative estimate of drug-likeness (QED) is 0.920. The van der Waals surface area contributed by atoms with E-state index in [4.69, 9.17) is 19.8 Å². The maximum atomic E-state index is 10.7. The lowest BCUT2D eigenvalue weighted by Crippen LogP contribution is -2.09. The van der Waals surface area contributed by atoms with Gasteiger partial charge in [-0.2, -0.15) is 5.26 Å². The average molecular weight is 270 g/mol. The number of hydrogen-bond donors (Lipinski definition) is 1. The maximum absolute atomic E-state index is 10.7. The highest BCUT2D eigenvalue weighted by Gasteiger charge is 2.28. The van der Waals surface area contributed by atoms with Gasteiger partial charge in [-0.3, -0.25) is 4.79 Å². The summed E-state index contributed by atoms with van der Waals surface area (Å²) in [6.45, 7) is -0.214. The van der Waals surface area contributed by atoms with Gasteiger partial charge in [-0.05, 0) is 12.1 Å². The lowest BCUT2D eigenvalue weighted by molar-refractivity contribution is -0.137. The molecule has 0 aliphatic carbocycles. The molecule has 100 valence electrons. The van der Waals surface area contributed by atoms with Gasteiger partial charge >= 0.3 is 5.97 Å². The minimum Gasteiger partial charge on any atom is -0.480 e. The number of carboxylic acids is 1. The lowest BCUT2D eigenvalue weighted by Gasteiger charge is -2.08. The minimum atomic E-state index is -0.979. The van der Waals surface area contributed by atoms with Crippen molar-refractivity contribution in [3.8, 4) is 17.6 Å². The molecule has 1 aliphatic heterocycles. The van der Waals surface area contributed by atoms with Gasteiger partial charge in [0.2, 0.25) is 0 Å². The molecule has 1 N–H and O–H groups in total. The van der Waals surface area contributed by atoms with Crippen LogP contribution in [-0.4, -0.2) is 15.6 Å². The predicted molar refractivity (Wildman–Crippen MR) is 67.2 cm³/mol. The van der Waals surface area contributed by atoms with E-state index in [1.807, 2.05) is 18.2 Å². The normalized spacial score (nSPS) is 13.2. The van der Waals surface area contributed by atoms with Crippen LogP contribution in [0.2, 0.25) is 0 Å². The molecule has 0 spiro atoms. The van der Waals surface area contributed by atoms with Crippen molar-refractivity contribution in [2.24, 2.45) is 0 Å².